The van der Waals surface area contributed by atoms with Gasteiger partial charge in [0.25, 0.3) is 0 Å². The van der Waals surface area contributed by atoms with Gasteiger partial charge < -0.3 is 10.2 Å². The molecule has 0 aliphatic heterocycles. The van der Waals surface area contributed by atoms with Crippen molar-refractivity contribution in [3.8, 4) is 0 Å². The molecule has 1 aromatic rings. The van der Waals surface area contributed by atoms with Crippen LogP contribution in [0.3, 0.4) is 0 Å². The Kier molecular flexibility index (Phi) is 2.06. The molecule has 1 aliphatic rings. The summed E-state index contributed by atoms with van der Waals surface area (Å²) in [6, 6.07) is 4.42. The number of carboxylic acids is 1. The molecule has 78 valence electrons. The number of carbonyl (C=O) groups is 2. The van der Waals surface area contributed by atoms with E-state index in [4.69, 9.17) is 16.7 Å². The quantitative estimate of drug-likeness (QED) is 0.698. The molecular weight excluding hydrogens is 220 g/mol. The van der Waals surface area contributed by atoms with Gasteiger partial charge in [0, 0.05) is 17.0 Å². The van der Waals surface area contributed by atoms with Crippen molar-refractivity contribution < 1.29 is 19.8 Å². The van der Waals surface area contributed by atoms with E-state index < -0.39 is 17.4 Å². The van der Waals surface area contributed by atoms with E-state index in [0.717, 1.165) is 0 Å². The van der Waals surface area contributed by atoms with Crippen molar-refractivity contribution in [3.63, 3.8) is 0 Å². The summed E-state index contributed by atoms with van der Waals surface area (Å²) in [5.74, 6) is -2.30. The standard InChI is InChI=1S/C10H7ClO4/c11-6-1-2-7-5(3-6)4-10(15,8(7)12)9(13)14/h1-3,15H,4H2,(H,13,14). The molecule has 0 saturated heterocycles. The normalized spacial score (nSPS) is 24.0. The Morgan fingerprint density at radius 3 is 2.73 bits per heavy atom. The fraction of sp³-hybridized carbons (Fsp3) is 0.200. The molecular formula is C10H7ClO4. The maximum Gasteiger partial charge on any atom is 0.344 e. The minimum absolute atomic E-state index is 0.225. The van der Waals surface area contributed by atoms with E-state index in [9.17, 15) is 14.7 Å². The predicted octanol–water partition coefficient (Wildman–Crippen LogP) is 0.895. The monoisotopic (exact) mass is 226 g/mol. The summed E-state index contributed by atoms with van der Waals surface area (Å²) in [5, 5.41) is 18.9. The first-order valence-electron chi connectivity index (χ1n) is 4.24. The second kappa shape index (κ2) is 3.05. The summed E-state index contributed by atoms with van der Waals surface area (Å²) in [6.45, 7) is 0. The van der Waals surface area contributed by atoms with Gasteiger partial charge in [-0.25, -0.2) is 4.79 Å². The van der Waals surface area contributed by atoms with Gasteiger partial charge in [0.15, 0.2) is 0 Å². The highest BCUT2D eigenvalue weighted by atomic mass is 35.5. The molecule has 2 rings (SSSR count). The number of hydrogen-bond donors (Lipinski definition) is 2. The summed E-state index contributed by atoms with van der Waals surface area (Å²) in [4.78, 5) is 22.4. The molecule has 0 saturated carbocycles. The van der Waals surface area contributed by atoms with E-state index in [-0.39, 0.29) is 12.0 Å². The summed E-state index contributed by atoms with van der Waals surface area (Å²) < 4.78 is 0. The Balaban J connectivity index is 2.55. The smallest absolute Gasteiger partial charge is 0.344 e. The Labute approximate surface area is 90.1 Å². The molecule has 15 heavy (non-hydrogen) atoms. The van der Waals surface area contributed by atoms with Crippen molar-refractivity contribution in [2.45, 2.75) is 12.0 Å². The van der Waals surface area contributed by atoms with Crippen LogP contribution >= 0.6 is 11.6 Å². The first kappa shape index (κ1) is 10.1. The molecule has 0 bridgehead atoms. The molecule has 0 heterocycles. The van der Waals surface area contributed by atoms with Crippen molar-refractivity contribution in [2.75, 3.05) is 0 Å². The molecule has 0 spiro atoms. The van der Waals surface area contributed by atoms with Gasteiger partial charge in [-0.2, -0.15) is 0 Å². The van der Waals surface area contributed by atoms with Gasteiger partial charge in [0.1, 0.15) is 0 Å². The zero-order chi connectivity index (χ0) is 11.2. The molecule has 1 unspecified atom stereocenters. The van der Waals surface area contributed by atoms with Crippen LogP contribution in [0.5, 0.6) is 0 Å². The van der Waals surface area contributed by atoms with E-state index >= 15 is 0 Å². The summed E-state index contributed by atoms with van der Waals surface area (Å²) in [5.41, 5.74) is -1.63. The minimum atomic E-state index is -2.33. The molecule has 1 atom stereocenters. The van der Waals surface area contributed by atoms with Crippen LogP contribution in [-0.2, 0) is 11.2 Å². The number of aliphatic hydroxyl groups is 1. The van der Waals surface area contributed by atoms with Crippen molar-refractivity contribution in [1.29, 1.82) is 0 Å². The lowest BCUT2D eigenvalue weighted by Crippen LogP contribution is -2.44. The lowest BCUT2D eigenvalue weighted by Gasteiger charge is -2.13. The largest absolute Gasteiger partial charge is 0.479 e. The fourth-order valence-corrected chi connectivity index (χ4v) is 1.88. The third kappa shape index (κ3) is 1.33. The van der Waals surface area contributed by atoms with Crippen molar-refractivity contribution in [2.24, 2.45) is 0 Å². The molecule has 1 aliphatic carbocycles. The van der Waals surface area contributed by atoms with Crippen LogP contribution in [0.1, 0.15) is 15.9 Å². The van der Waals surface area contributed by atoms with Gasteiger partial charge in [0.05, 0.1) is 0 Å². The van der Waals surface area contributed by atoms with E-state index in [1.54, 1.807) is 0 Å². The number of ketones is 1. The highest BCUT2D eigenvalue weighted by molar-refractivity contribution is 6.31. The van der Waals surface area contributed by atoms with Crippen LogP contribution < -0.4 is 0 Å². The third-order valence-corrected chi connectivity index (χ3v) is 2.72. The zero-order valence-corrected chi connectivity index (χ0v) is 8.28. The number of rotatable bonds is 1. The number of carboxylic acid groups (broad SMARTS) is 1. The maximum atomic E-state index is 11.6. The summed E-state index contributed by atoms with van der Waals surface area (Å²) in [7, 11) is 0. The Morgan fingerprint density at radius 2 is 2.13 bits per heavy atom. The molecule has 2 N–H and O–H groups in total. The highest BCUT2D eigenvalue weighted by Gasteiger charge is 2.50. The Hall–Kier alpha value is -1.39. The van der Waals surface area contributed by atoms with Gasteiger partial charge in [0.2, 0.25) is 11.4 Å². The van der Waals surface area contributed by atoms with Crippen LogP contribution in [0.2, 0.25) is 5.02 Å². The predicted molar refractivity (Wildman–Crippen MR) is 52.1 cm³/mol. The van der Waals surface area contributed by atoms with E-state index in [1.165, 1.54) is 18.2 Å². The Bertz CT molecular complexity index is 468. The second-order valence-corrected chi connectivity index (χ2v) is 3.91. The van der Waals surface area contributed by atoms with Gasteiger partial charge in [-0.1, -0.05) is 11.6 Å². The number of aliphatic carboxylic acids is 1. The number of hydrogen-bond acceptors (Lipinski definition) is 3. The first-order chi connectivity index (χ1) is 6.95. The summed E-state index contributed by atoms with van der Waals surface area (Å²) >= 11 is 5.70. The van der Waals surface area contributed by atoms with Gasteiger partial charge in [-0.05, 0) is 23.8 Å². The average Bonchev–Trinajstić information content (AvgIpc) is 2.40. The zero-order valence-electron chi connectivity index (χ0n) is 7.53. The van der Waals surface area contributed by atoms with Gasteiger partial charge in [-0.3, -0.25) is 4.79 Å². The van der Waals surface area contributed by atoms with E-state index in [1.807, 2.05) is 0 Å². The summed E-state index contributed by atoms with van der Waals surface area (Å²) in [6.07, 6.45) is -0.225. The molecule has 0 aromatic heterocycles. The Morgan fingerprint density at radius 1 is 1.47 bits per heavy atom. The van der Waals surface area contributed by atoms with Crippen LogP contribution in [0.4, 0.5) is 0 Å². The molecule has 0 amide bonds. The lowest BCUT2D eigenvalue weighted by atomic mass is 10.00. The van der Waals surface area contributed by atoms with Crippen LogP contribution in [0, 0.1) is 0 Å². The van der Waals surface area contributed by atoms with Gasteiger partial charge in [-0.15, -0.1) is 0 Å². The molecule has 1 aromatic carbocycles. The molecule has 5 heteroatoms. The number of benzene rings is 1. The van der Waals surface area contributed by atoms with Gasteiger partial charge >= 0.3 is 5.97 Å². The highest BCUT2D eigenvalue weighted by Crippen LogP contribution is 2.32. The van der Waals surface area contributed by atoms with Crippen molar-refractivity contribution in [3.05, 3.63) is 34.3 Å². The molecule has 4 nitrogen and oxygen atoms in total. The topological polar surface area (TPSA) is 74.6 Å². The third-order valence-electron chi connectivity index (χ3n) is 2.49. The number of halogens is 1. The van der Waals surface area contributed by atoms with Crippen LogP contribution in [0.25, 0.3) is 0 Å². The van der Waals surface area contributed by atoms with Crippen LogP contribution in [-0.4, -0.2) is 27.6 Å². The number of carbonyl (C=O) groups excluding carboxylic acids is 1. The average molecular weight is 227 g/mol. The van der Waals surface area contributed by atoms with Crippen molar-refractivity contribution in [1.82, 2.24) is 0 Å². The molecule has 0 radical (unpaired) electrons. The minimum Gasteiger partial charge on any atom is -0.479 e. The number of fused-ring (bicyclic) bond motifs is 1. The molecule has 0 fully saturated rings. The van der Waals surface area contributed by atoms with E-state index in [2.05, 4.69) is 0 Å². The van der Waals surface area contributed by atoms with Crippen LogP contribution in [0.15, 0.2) is 18.2 Å². The SMILES string of the molecule is O=C(O)C1(O)Cc2cc(Cl)ccc2C1=O. The second-order valence-electron chi connectivity index (χ2n) is 3.47. The van der Waals surface area contributed by atoms with Crippen molar-refractivity contribution >= 4 is 23.4 Å². The maximum absolute atomic E-state index is 11.6. The van der Waals surface area contributed by atoms with E-state index in [0.29, 0.717) is 10.6 Å². The lowest BCUT2D eigenvalue weighted by molar-refractivity contribution is -0.152. The number of Topliss-reactive ketones (excluding diaryl/α,β-unsaturated/α-hetero) is 1. The first-order valence-corrected chi connectivity index (χ1v) is 4.62. The fourth-order valence-electron chi connectivity index (χ4n) is 1.68.